The van der Waals surface area contributed by atoms with Gasteiger partial charge in [-0.2, -0.15) is 0 Å². The maximum Gasteiger partial charge on any atom is 0.294 e. The van der Waals surface area contributed by atoms with Gasteiger partial charge in [0.25, 0.3) is 11.1 Å². The van der Waals surface area contributed by atoms with Crippen molar-refractivity contribution in [2.45, 2.75) is 31.8 Å². The third-order valence-electron chi connectivity index (χ3n) is 4.44. The van der Waals surface area contributed by atoms with Crippen molar-refractivity contribution in [1.29, 1.82) is 0 Å². The van der Waals surface area contributed by atoms with E-state index in [-0.39, 0.29) is 37.1 Å². The van der Waals surface area contributed by atoms with Crippen molar-refractivity contribution in [1.82, 2.24) is 9.13 Å². The van der Waals surface area contributed by atoms with E-state index in [1.54, 1.807) is 0 Å². The van der Waals surface area contributed by atoms with Crippen LogP contribution < -0.4 is 21.8 Å². The fourth-order valence-corrected chi connectivity index (χ4v) is 2.60. The number of aliphatic hydroxyl groups is 1. The van der Waals surface area contributed by atoms with Gasteiger partial charge in [-0.3, -0.25) is 19.2 Å². The number of aromatic nitrogens is 2. The molecule has 0 aliphatic rings. The Labute approximate surface area is 171 Å². The SMILES string of the molecule is Cn1ccc(NC(=O)CCC(O)CCC(=O)Nc2ccn(C)c(=O)c2O)c(O)c1=O. The van der Waals surface area contributed by atoms with Crippen molar-refractivity contribution >= 4 is 23.2 Å². The number of hydrogen-bond donors (Lipinski definition) is 5. The lowest BCUT2D eigenvalue weighted by atomic mass is 10.1. The van der Waals surface area contributed by atoms with Gasteiger partial charge in [-0.05, 0) is 25.0 Å². The highest BCUT2D eigenvalue weighted by Crippen LogP contribution is 2.19. The zero-order valence-electron chi connectivity index (χ0n) is 16.6. The van der Waals surface area contributed by atoms with Gasteiger partial charge in [0.2, 0.25) is 23.3 Å². The van der Waals surface area contributed by atoms with Crippen molar-refractivity contribution in [3.05, 3.63) is 45.2 Å². The minimum absolute atomic E-state index is 0.0224. The van der Waals surface area contributed by atoms with Crippen molar-refractivity contribution in [2.24, 2.45) is 14.1 Å². The fraction of sp³-hybridized carbons (Fsp3) is 0.368. The lowest BCUT2D eigenvalue weighted by Gasteiger charge is -2.12. The molecule has 0 radical (unpaired) electrons. The van der Waals surface area contributed by atoms with Crippen LogP contribution in [-0.2, 0) is 23.7 Å². The first-order valence-electron chi connectivity index (χ1n) is 9.15. The van der Waals surface area contributed by atoms with Gasteiger partial charge in [-0.1, -0.05) is 0 Å². The Balaban J connectivity index is 1.79. The summed E-state index contributed by atoms with van der Waals surface area (Å²) in [5.41, 5.74) is -1.35. The molecule has 2 aromatic rings. The molecule has 2 heterocycles. The minimum Gasteiger partial charge on any atom is -0.502 e. The van der Waals surface area contributed by atoms with Crippen molar-refractivity contribution < 1.29 is 24.9 Å². The molecular weight excluding hydrogens is 396 g/mol. The van der Waals surface area contributed by atoms with Gasteiger partial charge in [-0.25, -0.2) is 0 Å². The van der Waals surface area contributed by atoms with Crippen molar-refractivity contribution in [3.63, 3.8) is 0 Å². The molecule has 0 fully saturated rings. The average molecular weight is 420 g/mol. The molecule has 30 heavy (non-hydrogen) atoms. The van der Waals surface area contributed by atoms with E-state index in [4.69, 9.17) is 0 Å². The second-order valence-corrected chi connectivity index (χ2v) is 6.82. The lowest BCUT2D eigenvalue weighted by molar-refractivity contribution is -0.116. The Bertz CT molecular complexity index is 974. The highest BCUT2D eigenvalue weighted by atomic mass is 16.3. The Morgan fingerprint density at radius 3 is 1.60 bits per heavy atom. The number of hydrogen-bond acceptors (Lipinski definition) is 7. The molecular formula is C19H24N4O7. The number of rotatable bonds is 8. The zero-order valence-corrected chi connectivity index (χ0v) is 16.6. The van der Waals surface area contributed by atoms with Gasteiger partial charge in [0.05, 0.1) is 17.5 Å². The van der Waals surface area contributed by atoms with Crippen LogP contribution in [0.1, 0.15) is 25.7 Å². The van der Waals surface area contributed by atoms with Crippen LogP contribution in [0.3, 0.4) is 0 Å². The molecule has 0 aliphatic carbocycles. The Morgan fingerprint density at radius 2 is 1.23 bits per heavy atom. The van der Waals surface area contributed by atoms with Crippen molar-refractivity contribution in [3.8, 4) is 11.5 Å². The highest BCUT2D eigenvalue weighted by Gasteiger charge is 2.15. The molecule has 2 aromatic heterocycles. The molecule has 5 N–H and O–H groups in total. The topological polar surface area (TPSA) is 163 Å². The maximum atomic E-state index is 12.0. The van der Waals surface area contributed by atoms with Crippen molar-refractivity contribution in [2.75, 3.05) is 10.6 Å². The van der Waals surface area contributed by atoms with Gasteiger partial charge < -0.3 is 35.1 Å². The van der Waals surface area contributed by atoms with Gasteiger partial charge in [0.1, 0.15) is 0 Å². The van der Waals surface area contributed by atoms with Gasteiger partial charge in [0.15, 0.2) is 0 Å². The number of aryl methyl sites for hydroxylation is 2. The van der Waals surface area contributed by atoms with Gasteiger partial charge >= 0.3 is 0 Å². The van der Waals surface area contributed by atoms with E-state index < -0.39 is 40.5 Å². The number of nitrogens with one attached hydrogen (secondary N) is 2. The maximum absolute atomic E-state index is 12.0. The van der Waals surface area contributed by atoms with E-state index in [0.29, 0.717) is 0 Å². The number of aliphatic hydroxyl groups excluding tert-OH is 1. The third kappa shape index (κ3) is 5.70. The number of aromatic hydroxyl groups is 2. The number of pyridine rings is 2. The Hall–Kier alpha value is -3.60. The van der Waals surface area contributed by atoms with Gasteiger partial charge in [0, 0.05) is 39.3 Å². The Morgan fingerprint density at radius 1 is 0.867 bits per heavy atom. The summed E-state index contributed by atoms with van der Waals surface area (Å²) in [7, 11) is 2.91. The van der Waals surface area contributed by atoms with E-state index in [0.717, 1.165) is 9.13 Å². The van der Waals surface area contributed by atoms with E-state index in [9.17, 15) is 34.5 Å². The summed E-state index contributed by atoms with van der Waals surface area (Å²) in [6, 6.07) is 2.75. The van der Waals surface area contributed by atoms with Crippen LogP contribution in [0.25, 0.3) is 0 Å². The molecule has 0 saturated heterocycles. The molecule has 2 amide bonds. The molecule has 0 bridgehead atoms. The summed E-state index contributed by atoms with van der Waals surface area (Å²) in [6.07, 6.45) is 1.77. The summed E-state index contributed by atoms with van der Waals surface area (Å²) < 4.78 is 2.32. The van der Waals surface area contributed by atoms with Crippen LogP contribution in [0.15, 0.2) is 34.1 Å². The van der Waals surface area contributed by atoms with Crippen LogP contribution in [0, 0.1) is 0 Å². The number of nitrogens with zero attached hydrogens (tertiary/aromatic N) is 2. The molecule has 0 saturated carbocycles. The molecule has 11 nitrogen and oxygen atoms in total. The first kappa shape index (κ1) is 22.7. The molecule has 162 valence electrons. The monoisotopic (exact) mass is 420 g/mol. The minimum atomic E-state index is -0.948. The van der Waals surface area contributed by atoms with E-state index in [1.165, 1.54) is 38.6 Å². The van der Waals surface area contributed by atoms with E-state index in [2.05, 4.69) is 10.6 Å². The first-order valence-corrected chi connectivity index (χ1v) is 9.15. The predicted molar refractivity (Wildman–Crippen MR) is 108 cm³/mol. The average Bonchev–Trinajstić information content (AvgIpc) is 2.71. The summed E-state index contributed by atoms with van der Waals surface area (Å²) in [5.74, 6) is -2.17. The quantitative estimate of drug-likeness (QED) is 0.401. The van der Waals surface area contributed by atoms with Crippen LogP contribution >= 0.6 is 0 Å². The number of anilines is 2. The van der Waals surface area contributed by atoms with Crippen LogP contribution in [-0.4, -0.2) is 42.4 Å². The summed E-state index contributed by atoms with van der Waals surface area (Å²) in [6.45, 7) is 0. The molecule has 11 heteroatoms. The van der Waals surface area contributed by atoms with E-state index >= 15 is 0 Å². The summed E-state index contributed by atoms with van der Waals surface area (Å²) >= 11 is 0. The number of carbonyl (C=O) groups excluding carboxylic acids is 2. The standard InChI is InChI=1S/C19H24N4O7/c1-22-9-7-12(16(27)18(22)29)20-14(25)5-3-11(24)4-6-15(26)21-13-8-10-23(2)19(30)17(13)28/h7-11,24,27-28H,3-6H2,1-2H3,(H,20,25)(H,21,26). The number of amides is 2. The van der Waals surface area contributed by atoms with Crippen LogP contribution in [0.2, 0.25) is 0 Å². The second kappa shape index (κ2) is 9.74. The molecule has 2 rings (SSSR count). The van der Waals surface area contributed by atoms with Gasteiger partial charge in [-0.15, -0.1) is 0 Å². The Kier molecular flexibility index (Phi) is 7.37. The van der Waals surface area contributed by atoms with Crippen LogP contribution in [0.4, 0.5) is 11.4 Å². The largest absolute Gasteiger partial charge is 0.502 e. The summed E-state index contributed by atoms with van der Waals surface area (Å²) in [4.78, 5) is 47.2. The summed E-state index contributed by atoms with van der Waals surface area (Å²) in [5, 5.41) is 34.3. The fourth-order valence-electron chi connectivity index (χ4n) is 2.60. The predicted octanol–water partition coefficient (Wildman–Crippen LogP) is -0.00630. The molecule has 0 aromatic carbocycles. The van der Waals surface area contributed by atoms with Crippen LogP contribution in [0.5, 0.6) is 11.5 Å². The first-order chi connectivity index (χ1) is 14.1. The normalized spacial score (nSPS) is 10.8. The third-order valence-corrected chi connectivity index (χ3v) is 4.44. The molecule has 0 aliphatic heterocycles. The molecule has 0 atom stereocenters. The smallest absolute Gasteiger partial charge is 0.294 e. The van der Waals surface area contributed by atoms with E-state index in [1.807, 2.05) is 0 Å². The second-order valence-electron chi connectivity index (χ2n) is 6.82. The number of carbonyl (C=O) groups is 2. The highest BCUT2D eigenvalue weighted by molar-refractivity contribution is 5.92. The molecule has 0 unspecified atom stereocenters. The lowest BCUT2D eigenvalue weighted by Crippen LogP contribution is -2.21. The molecule has 0 spiro atoms. The zero-order chi connectivity index (χ0) is 22.4.